The van der Waals surface area contributed by atoms with Gasteiger partial charge in [0.05, 0.1) is 12.2 Å². The summed E-state index contributed by atoms with van der Waals surface area (Å²) in [5.74, 6) is 4.85. The molecule has 0 saturated carbocycles. The summed E-state index contributed by atoms with van der Waals surface area (Å²) in [6.45, 7) is 1.94. The molecule has 0 aliphatic rings. The van der Waals surface area contributed by atoms with Crippen LogP contribution in [0, 0.1) is 6.92 Å². The molecule has 2 N–H and O–H groups in total. The van der Waals surface area contributed by atoms with Crippen molar-refractivity contribution < 1.29 is 18.0 Å². The second-order valence-corrected chi connectivity index (χ2v) is 3.26. The fraction of sp³-hybridized carbons (Fsp3) is 0.400. The van der Waals surface area contributed by atoms with Crippen molar-refractivity contribution >= 4 is 0 Å². The number of nitrogens with two attached hydrogens (primary N) is 1. The van der Waals surface area contributed by atoms with Crippen molar-refractivity contribution in [3.8, 4) is 0 Å². The Labute approximate surface area is 85.8 Å². The van der Waals surface area contributed by atoms with Gasteiger partial charge in [-0.3, -0.25) is 0 Å². The molecule has 1 aromatic rings. The monoisotopic (exact) mass is 219 g/mol. The van der Waals surface area contributed by atoms with E-state index in [-0.39, 0.29) is 0 Å². The molecule has 84 valence electrons. The van der Waals surface area contributed by atoms with Gasteiger partial charge in [0, 0.05) is 0 Å². The molecule has 0 radical (unpaired) electrons. The standard InChI is InChI=1S/C10H12F3NO/c1-7-6-9(10(11,12)13)3-2-8(7)4-5-15-14/h2-3,6H,4-5,14H2,1H3. The van der Waals surface area contributed by atoms with Crippen LogP contribution in [0.15, 0.2) is 18.2 Å². The summed E-state index contributed by atoms with van der Waals surface area (Å²) < 4.78 is 36.9. The van der Waals surface area contributed by atoms with Crippen molar-refractivity contribution in [1.29, 1.82) is 0 Å². The minimum absolute atomic E-state index is 0.298. The van der Waals surface area contributed by atoms with Crippen molar-refractivity contribution in [2.75, 3.05) is 6.61 Å². The highest BCUT2D eigenvalue weighted by Gasteiger charge is 2.30. The van der Waals surface area contributed by atoms with E-state index in [1.807, 2.05) is 0 Å². The van der Waals surface area contributed by atoms with E-state index in [2.05, 4.69) is 4.84 Å². The summed E-state index contributed by atoms with van der Waals surface area (Å²) in [5.41, 5.74) is 0.785. The zero-order valence-corrected chi connectivity index (χ0v) is 8.27. The lowest BCUT2D eigenvalue weighted by Gasteiger charge is -2.10. The van der Waals surface area contributed by atoms with Gasteiger partial charge in [-0.25, -0.2) is 5.90 Å². The Hall–Kier alpha value is -1.07. The molecule has 15 heavy (non-hydrogen) atoms. The average Bonchev–Trinajstić information content (AvgIpc) is 2.14. The van der Waals surface area contributed by atoms with Crippen molar-refractivity contribution in [1.82, 2.24) is 0 Å². The maximum absolute atomic E-state index is 12.3. The average molecular weight is 219 g/mol. The lowest BCUT2D eigenvalue weighted by Crippen LogP contribution is -2.08. The molecule has 0 saturated heterocycles. The third-order valence-electron chi connectivity index (χ3n) is 2.16. The molecule has 0 aliphatic heterocycles. The number of rotatable bonds is 3. The van der Waals surface area contributed by atoms with Crippen LogP contribution in [0.5, 0.6) is 0 Å². The van der Waals surface area contributed by atoms with E-state index in [1.54, 1.807) is 6.92 Å². The first kappa shape index (κ1) is 12.0. The van der Waals surface area contributed by atoms with E-state index in [1.165, 1.54) is 6.07 Å². The van der Waals surface area contributed by atoms with Gasteiger partial charge < -0.3 is 4.84 Å². The van der Waals surface area contributed by atoms with Gasteiger partial charge in [0.1, 0.15) is 0 Å². The molecule has 0 atom stereocenters. The number of alkyl halides is 3. The Kier molecular flexibility index (Phi) is 3.71. The van der Waals surface area contributed by atoms with Crippen LogP contribution in [-0.2, 0) is 17.4 Å². The SMILES string of the molecule is Cc1cc(C(F)(F)F)ccc1CCON. The molecule has 0 amide bonds. The second kappa shape index (κ2) is 4.63. The molecule has 0 unspecified atom stereocenters. The first-order chi connectivity index (χ1) is 6.95. The van der Waals surface area contributed by atoms with Gasteiger partial charge in [-0.2, -0.15) is 13.2 Å². The fourth-order valence-electron chi connectivity index (χ4n) is 1.32. The highest BCUT2D eigenvalue weighted by atomic mass is 19.4. The van der Waals surface area contributed by atoms with Crippen LogP contribution in [0.25, 0.3) is 0 Å². The third-order valence-corrected chi connectivity index (χ3v) is 2.16. The molecular weight excluding hydrogens is 207 g/mol. The molecular formula is C10H12F3NO. The number of hydrogen-bond acceptors (Lipinski definition) is 2. The van der Waals surface area contributed by atoms with Gasteiger partial charge in [0.15, 0.2) is 0 Å². The first-order valence-electron chi connectivity index (χ1n) is 4.43. The van der Waals surface area contributed by atoms with Crippen LogP contribution >= 0.6 is 0 Å². The van der Waals surface area contributed by atoms with E-state index in [0.29, 0.717) is 18.6 Å². The molecule has 2 nitrogen and oxygen atoms in total. The molecule has 1 rings (SSSR count). The quantitative estimate of drug-likeness (QED) is 0.792. The van der Waals surface area contributed by atoms with Gasteiger partial charge in [-0.05, 0) is 36.6 Å². The Bertz CT molecular complexity index is 336. The van der Waals surface area contributed by atoms with E-state index in [4.69, 9.17) is 5.90 Å². The third kappa shape index (κ3) is 3.21. The van der Waals surface area contributed by atoms with Crippen molar-refractivity contribution in [3.05, 3.63) is 34.9 Å². The lowest BCUT2D eigenvalue weighted by atomic mass is 10.0. The number of halogens is 3. The summed E-state index contributed by atoms with van der Waals surface area (Å²) in [6.07, 6.45) is -3.77. The smallest absolute Gasteiger partial charge is 0.304 e. The van der Waals surface area contributed by atoms with Crippen LogP contribution in [-0.4, -0.2) is 6.61 Å². The predicted octanol–water partition coefficient (Wildman–Crippen LogP) is 2.45. The van der Waals surface area contributed by atoms with E-state index in [0.717, 1.165) is 17.7 Å². The summed E-state index contributed by atoms with van der Waals surface area (Å²) in [4.78, 5) is 4.38. The Balaban J connectivity index is 2.88. The van der Waals surface area contributed by atoms with Gasteiger partial charge >= 0.3 is 6.18 Å². The topological polar surface area (TPSA) is 35.2 Å². The largest absolute Gasteiger partial charge is 0.416 e. The summed E-state index contributed by atoms with van der Waals surface area (Å²) in [6, 6.07) is 3.65. The lowest BCUT2D eigenvalue weighted by molar-refractivity contribution is -0.137. The zero-order valence-electron chi connectivity index (χ0n) is 8.27. The van der Waals surface area contributed by atoms with Crippen LogP contribution < -0.4 is 5.90 Å². The number of hydrogen-bond donors (Lipinski definition) is 1. The predicted molar refractivity (Wildman–Crippen MR) is 50.0 cm³/mol. The minimum atomic E-state index is -4.28. The number of benzene rings is 1. The Morgan fingerprint density at radius 3 is 2.47 bits per heavy atom. The van der Waals surface area contributed by atoms with Gasteiger partial charge in [-0.1, -0.05) is 6.07 Å². The van der Waals surface area contributed by atoms with E-state index < -0.39 is 11.7 Å². The molecule has 0 aliphatic carbocycles. The molecule has 5 heteroatoms. The number of aryl methyl sites for hydroxylation is 1. The summed E-state index contributed by atoms with van der Waals surface area (Å²) in [7, 11) is 0. The molecule has 0 spiro atoms. The fourth-order valence-corrected chi connectivity index (χ4v) is 1.32. The summed E-state index contributed by atoms with van der Waals surface area (Å²) in [5, 5.41) is 0. The molecule has 0 bridgehead atoms. The van der Waals surface area contributed by atoms with Gasteiger partial charge in [-0.15, -0.1) is 0 Å². The van der Waals surface area contributed by atoms with Gasteiger partial charge in [0.25, 0.3) is 0 Å². The molecule has 0 aromatic heterocycles. The maximum atomic E-state index is 12.3. The van der Waals surface area contributed by atoms with E-state index in [9.17, 15) is 13.2 Å². The highest BCUT2D eigenvalue weighted by Crippen LogP contribution is 2.30. The van der Waals surface area contributed by atoms with Gasteiger partial charge in [0.2, 0.25) is 0 Å². The van der Waals surface area contributed by atoms with Crippen LogP contribution in [0.1, 0.15) is 16.7 Å². The van der Waals surface area contributed by atoms with Crippen molar-refractivity contribution in [2.45, 2.75) is 19.5 Å². The molecule has 1 aromatic carbocycles. The first-order valence-corrected chi connectivity index (χ1v) is 4.43. The molecule has 0 heterocycles. The van der Waals surface area contributed by atoms with Crippen molar-refractivity contribution in [2.24, 2.45) is 5.90 Å². The zero-order chi connectivity index (χ0) is 11.5. The van der Waals surface area contributed by atoms with Crippen LogP contribution in [0.3, 0.4) is 0 Å². The van der Waals surface area contributed by atoms with Crippen molar-refractivity contribution in [3.63, 3.8) is 0 Å². The molecule has 0 fully saturated rings. The van der Waals surface area contributed by atoms with E-state index >= 15 is 0 Å². The Morgan fingerprint density at radius 2 is 2.00 bits per heavy atom. The summed E-state index contributed by atoms with van der Waals surface area (Å²) >= 11 is 0. The maximum Gasteiger partial charge on any atom is 0.416 e. The minimum Gasteiger partial charge on any atom is -0.304 e. The Morgan fingerprint density at radius 1 is 1.33 bits per heavy atom. The second-order valence-electron chi connectivity index (χ2n) is 3.26. The highest BCUT2D eigenvalue weighted by molar-refractivity contribution is 5.32. The van der Waals surface area contributed by atoms with Crippen LogP contribution in [0.2, 0.25) is 0 Å². The normalized spacial score (nSPS) is 11.8. The van der Waals surface area contributed by atoms with Crippen LogP contribution in [0.4, 0.5) is 13.2 Å².